The third-order valence-corrected chi connectivity index (χ3v) is 5.27. The number of nitrogens with zero attached hydrogens (tertiary/aromatic N) is 2. The van der Waals surface area contributed by atoms with Gasteiger partial charge < -0.3 is 9.64 Å². The number of hydrogen-bond donors (Lipinski definition) is 0. The Morgan fingerprint density at radius 3 is 2.17 bits per heavy atom. The van der Waals surface area contributed by atoms with Crippen LogP contribution in [0.1, 0.15) is 17.5 Å². The van der Waals surface area contributed by atoms with Crippen LogP contribution in [-0.4, -0.2) is 30.5 Å². The third-order valence-electron chi connectivity index (χ3n) is 5.27. The fourth-order valence-corrected chi connectivity index (χ4v) is 3.53. The van der Waals surface area contributed by atoms with E-state index in [4.69, 9.17) is 10.00 Å². The van der Waals surface area contributed by atoms with E-state index < -0.39 is 0 Å². The molecule has 4 heteroatoms. The second-order valence-corrected chi connectivity index (χ2v) is 7.19. The third kappa shape index (κ3) is 4.59. The van der Waals surface area contributed by atoms with Crippen LogP contribution >= 0.6 is 0 Å². The van der Waals surface area contributed by atoms with E-state index in [0.717, 1.165) is 17.5 Å². The Labute approximate surface area is 176 Å². The van der Waals surface area contributed by atoms with Gasteiger partial charge in [0, 0.05) is 13.1 Å². The molecule has 0 aromatic heterocycles. The Kier molecular flexibility index (Phi) is 5.91. The Hall–Kier alpha value is -3.84. The summed E-state index contributed by atoms with van der Waals surface area (Å²) < 4.78 is 5.70. The maximum atomic E-state index is 12.5. The zero-order chi connectivity index (χ0) is 20.8. The lowest BCUT2D eigenvalue weighted by Gasteiger charge is -2.26. The van der Waals surface area contributed by atoms with E-state index >= 15 is 0 Å². The molecule has 1 aliphatic rings. The van der Waals surface area contributed by atoms with Crippen LogP contribution in [-0.2, 0) is 4.79 Å². The topological polar surface area (TPSA) is 53.3 Å². The average Bonchev–Trinajstić information content (AvgIpc) is 2.83. The summed E-state index contributed by atoms with van der Waals surface area (Å²) in [6.07, 6.45) is 2.98. The molecule has 4 rings (SSSR count). The van der Waals surface area contributed by atoms with E-state index in [1.807, 2.05) is 59.5 Å². The molecule has 30 heavy (non-hydrogen) atoms. The summed E-state index contributed by atoms with van der Waals surface area (Å²) in [7, 11) is 0. The van der Waals surface area contributed by atoms with Crippen molar-refractivity contribution in [3.63, 3.8) is 0 Å². The summed E-state index contributed by atoms with van der Waals surface area (Å²) in [6.45, 7) is 1.36. The Morgan fingerprint density at radius 2 is 1.57 bits per heavy atom. The van der Waals surface area contributed by atoms with Crippen molar-refractivity contribution in [3.05, 3.63) is 96.1 Å². The molecular weight excluding hydrogens is 372 g/mol. The van der Waals surface area contributed by atoms with Gasteiger partial charge in [-0.3, -0.25) is 4.79 Å². The first kappa shape index (κ1) is 19.5. The standard InChI is InChI=1S/C26H22N2O2/c27-18-20-6-8-22(9-7-20)23-10-12-25(13-11-23)30-19-26(29)28-16-14-24(15-17-28)21-4-2-1-3-5-21/h1-14H,15-17,19H2. The molecule has 0 unspecified atom stereocenters. The van der Waals surface area contributed by atoms with E-state index in [1.54, 1.807) is 12.1 Å². The summed E-state index contributed by atoms with van der Waals surface area (Å²) >= 11 is 0. The average molecular weight is 394 g/mol. The highest BCUT2D eigenvalue weighted by Gasteiger charge is 2.18. The first-order valence-corrected chi connectivity index (χ1v) is 9.98. The number of rotatable bonds is 5. The van der Waals surface area contributed by atoms with Gasteiger partial charge in [0.05, 0.1) is 11.6 Å². The number of carbonyl (C=O) groups is 1. The number of amides is 1. The molecule has 1 amide bonds. The molecule has 0 N–H and O–H groups in total. The van der Waals surface area contributed by atoms with Gasteiger partial charge in [0.2, 0.25) is 0 Å². The molecule has 0 saturated heterocycles. The van der Waals surface area contributed by atoms with Gasteiger partial charge in [-0.15, -0.1) is 0 Å². The van der Waals surface area contributed by atoms with Gasteiger partial charge in [0.15, 0.2) is 6.61 Å². The predicted octanol–water partition coefficient (Wildman–Crippen LogP) is 4.92. The van der Waals surface area contributed by atoms with Crippen LogP contribution in [0.15, 0.2) is 84.9 Å². The monoisotopic (exact) mass is 394 g/mol. The smallest absolute Gasteiger partial charge is 0.260 e. The van der Waals surface area contributed by atoms with Gasteiger partial charge in [0.25, 0.3) is 5.91 Å². The molecule has 1 heterocycles. The molecule has 148 valence electrons. The molecular formula is C26H22N2O2. The van der Waals surface area contributed by atoms with Crippen LogP contribution in [0.2, 0.25) is 0 Å². The van der Waals surface area contributed by atoms with Gasteiger partial charge in [0.1, 0.15) is 5.75 Å². The summed E-state index contributed by atoms with van der Waals surface area (Å²) in [5.74, 6) is 0.660. The van der Waals surface area contributed by atoms with Crippen LogP contribution < -0.4 is 4.74 Å². The van der Waals surface area contributed by atoms with E-state index in [9.17, 15) is 4.79 Å². The highest BCUT2D eigenvalue weighted by atomic mass is 16.5. The number of carbonyl (C=O) groups excluding carboxylic acids is 1. The number of hydrogen-bond acceptors (Lipinski definition) is 3. The zero-order valence-corrected chi connectivity index (χ0v) is 16.6. The molecule has 0 radical (unpaired) electrons. The minimum Gasteiger partial charge on any atom is -0.484 e. The van der Waals surface area contributed by atoms with E-state index in [-0.39, 0.29) is 12.5 Å². The van der Waals surface area contributed by atoms with Crippen molar-refractivity contribution in [3.8, 4) is 22.9 Å². The van der Waals surface area contributed by atoms with Crippen LogP contribution in [0.5, 0.6) is 5.75 Å². The van der Waals surface area contributed by atoms with Gasteiger partial charge >= 0.3 is 0 Å². The fourth-order valence-electron chi connectivity index (χ4n) is 3.53. The maximum absolute atomic E-state index is 12.5. The van der Waals surface area contributed by atoms with Gasteiger partial charge in [-0.25, -0.2) is 0 Å². The lowest BCUT2D eigenvalue weighted by molar-refractivity contribution is -0.132. The van der Waals surface area contributed by atoms with Crippen LogP contribution in [0.4, 0.5) is 0 Å². The van der Waals surface area contributed by atoms with Crippen molar-refractivity contribution in [2.75, 3.05) is 19.7 Å². The van der Waals surface area contributed by atoms with Crippen molar-refractivity contribution in [2.24, 2.45) is 0 Å². The number of benzene rings is 3. The fraction of sp³-hybridized carbons (Fsp3) is 0.154. The van der Waals surface area contributed by atoms with Crippen LogP contribution in [0, 0.1) is 11.3 Å². The predicted molar refractivity (Wildman–Crippen MR) is 118 cm³/mol. The summed E-state index contributed by atoms with van der Waals surface area (Å²) in [5, 5.41) is 8.90. The lowest BCUT2D eigenvalue weighted by Crippen LogP contribution is -2.37. The molecule has 0 aliphatic carbocycles. The second kappa shape index (κ2) is 9.11. The lowest BCUT2D eigenvalue weighted by atomic mass is 10.00. The summed E-state index contributed by atoms with van der Waals surface area (Å²) in [4.78, 5) is 14.3. The Balaban J connectivity index is 1.31. The molecule has 3 aromatic rings. The molecule has 0 spiro atoms. The highest BCUT2D eigenvalue weighted by molar-refractivity contribution is 5.79. The van der Waals surface area contributed by atoms with E-state index in [1.165, 1.54) is 11.1 Å². The zero-order valence-electron chi connectivity index (χ0n) is 16.6. The minimum absolute atomic E-state index is 0.00506. The quantitative estimate of drug-likeness (QED) is 0.617. The Bertz CT molecular complexity index is 1080. The van der Waals surface area contributed by atoms with E-state index in [2.05, 4.69) is 24.3 Å². The molecule has 0 saturated carbocycles. The molecule has 0 bridgehead atoms. The summed E-state index contributed by atoms with van der Waals surface area (Å²) in [6, 6.07) is 27.5. The van der Waals surface area contributed by atoms with Crippen molar-refractivity contribution < 1.29 is 9.53 Å². The van der Waals surface area contributed by atoms with Crippen LogP contribution in [0.3, 0.4) is 0 Å². The first-order valence-electron chi connectivity index (χ1n) is 9.98. The Morgan fingerprint density at radius 1 is 0.900 bits per heavy atom. The second-order valence-electron chi connectivity index (χ2n) is 7.19. The number of nitriles is 1. The van der Waals surface area contributed by atoms with E-state index in [0.29, 0.717) is 24.4 Å². The molecule has 1 aliphatic heterocycles. The van der Waals surface area contributed by atoms with Gasteiger partial charge in [-0.2, -0.15) is 5.26 Å². The maximum Gasteiger partial charge on any atom is 0.260 e. The van der Waals surface area contributed by atoms with Crippen LogP contribution in [0.25, 0.3) is 16.7 Å². The number of ether oxygens (including phenoxy) is 1. The van der Waals surface area contributed by atoms with Gasteiger partial charge in [-0.05, 0) is 52.9 Å². The molecule has 4 nitrogen and oxygen atoms in total. The van der Waals surface area contributed by atoms with Gasteiger partial charge in [-0.1, -0.05) is 60.7 Å². The van der Waals surface area contributed by atoms with Crippen molar-refractivity contribution in [1.29, 1.82) is 5.26 Å². The van der Waals surface area contributed by atoms with Crippen molar-refractivity contribution >= 4 is 11.5 Å². The molecule has 0 fully saturated rings. The summed E-state index contributed by atoms with van der Waals surface area (Å²) in [5.41, 5.74) is 5.22. The highest BCUT2D eigenvalue weighted by Crippen LogP contribution is 2.24. The largest absolute Gasteiger partial charge is 0.484 e. The SMILES string of the molecule is N#Cc1ccc(-c2ccc(OCC(=O)N3CC=C(c4ccccc4)CC3)cc2)cc1. The van der Waals surface area contributed by atoms with Crippen molar-refractivity contribution in [2.45, 2.75) is 6.42 Å². The molecule has 0 atom stereocenters. The van der Waals surface area contributed by atoms with Crippen molar-refractivity contribution in [1.82, 2.24) is 4.90 Å². The molecule has 3 aromatic carbocycles. The first-order chi connectivity index (χ1) is 14.7. The normalized spacial score (nSPS) is 13.3. The minimum atomic E-state index is -0.00506.